The maximum absolute atomic E-state index is 13.2. The van der Waals surface area contributed by atoms with Gasteiger partial charge in [0.1, 0.15) is 0 Å². The Morgan fingerprint density at radius 2 is 2.10 bits per heavy atom. The lowest BCUT2D eigenvalue weighted by Gasteiger charge is -2.30. The summed E-state index contributed by atoms with van der Waals surface area (Å²) in [6, 6.07) is 5.67. The van der Waals surface area contributed by atoms with Gasteiger partial charge in [0.2, 0.25) is 27.6 Å². The molecular formula is C20H24N4O4S3. The molecule has 0 aromatic carbocycles. The van der Waals surface area contributed by atoms with Crippen LogP contribution in [0, 0.1) is 19.8 Å². The Balaban J connectivity index is 1.35. The third-order valence-electron chi connectivity index (χ3n) is 5.31. The molecule has 0 aliphatic carbocycles. The summed E-state index contributed by atoms with van der Waals surface area (Å²) in [6.45, 7) is 4.73. The van der Waals surface area contributed by atoms with E-state index in [2.05, 4.69) is 21.5 Å². The van der Waals surface area contributed by atoms with Gasteiger partial charge in [0.05, 0.1) is 9.77 Å². The van der Waals surface area contributed by atoms with Crippen LogP contribution in [0.15, 0.2) is 33.0 Å². The number of carbonyl (C=O) groups is 1. The van der Waals surface area contributed by atoms with Crippen molar-refractivity contribution in [3.05, 3.63) is 39.2 Å². The van der Waals surface area contributed by atoms with Gasteiger partial charge in [0.15, 0.2) is 0 Å². The van der Waals surface area contributed by atoms with E-state index in [0.29, 0.717) is 53.9 Å². The number of piperidine rings is 1. The van der Waals surface area contributed by atoms with Gasteiger partial charge in [-0.2, -0.15) is 9.29 Å². The second-order valence-electron chi connectivity index (χ2n) is 7.47. The fraction of sp³-hybridized carbons (Fsp3) is 0.450. The maximum Gasteiger partial charge on any atom is 0.244 e. The van der Waals surface area contributed by atoms with Crippen LogP contribution in [-0.4, -0.2) is 48.4 Å². The first kappa shape index (κ1) is 22.1. The zero-order valence-electron chi connectivity index (χ0n) is 17.3. The third kappa shape index (κ3) is 4.89. The number of amides is 1. The SMILES string of the molecule is Cc1nc(-c2cc(S(=O)(=O)N3CCC(C(=O)NCCc4cccs4)CC3)c(C)s2)no1. The Kier molecular flexibility index (Phi) is 6.56. The van der Waals surface area contributed by atoms with E-state index in [1.807, 2.05) is 11.4 Å². The minimum absolute atomic E-state index is 0.00933. The van der Waals surface area contributed by atoms with E-state index >= 15 is 0 Å². The van der Waals surface area contributed by atoms with Gasteiger partial charge in [-0.05, 0) is 43.7 Å². The molecule has 4 heterocycles. The molecule has 31 heavy (non-hydrogen) atoms. The highest BCUT2D eigenvalue weighted by molar-refractivity contribution is 7.89. The topological polar surface area (TPSA) is 105 Å². The zero-order valence-corrected chi connectivity index (χ0v) is 19.8. The predicted octanol–water partition coefficient (Wildman–Crippen LogP) is 3.24. The highest BCUT2D eigenvalue weighted by Gasteiger charge is 2.34. The van der Waals surface area contributed by atoms with Crippen LogP contribution in [0.5, 0.6) is 0 Å². The standard InChI is InChI=1S/C20H24N4O4S3/c1-13-18(12-17(30-13)19-22-14(2)28-23-19)31(26,27)24-9-6-15(7-10-24)20(25)21-8-5-16-4-3-11-29-16/h3-4,11-12,15H,5-10H2,1-2H3,(H,21,25). The van der Waals surface area contributed by atoms with Crippen LogP contribution in [0.3, 0.4) is 0 Å². The number of nitrogens with zero attached hydrogens (tertiary/aromatic N) is 3. The summed E-state index contributed by atoms with van der Waals surface area (Å²) >= 11 is 3.01. The number of aryl methyl sites for hydroxylation is 2. The molecule has 0 spiro atoms. The minimum Gasteiger partial charge on any atom is -0.355 e. The first-order valence-corrected chi connectivity index (χ1v) is 13.2. The first-order chi connectivity index (χ1) is 14.8. The van der Waals surface area contributed by atoms with Gasteiger partial charge in [0.25, 0.3) is 0 Å². The van der Waals surface area contributed by atoms with Crippen molar-refractivity contribution >= 4 is 38.6 Å². The molecule has 1 aliphatic heterocycles. The normalized spacial score (nSPS) is 15.9. The summed E-state index contributed by atoms with van der Waals surface area (Å²) in [4.78, 5) is 19.5. The molecule has 0 saturated carbocycles. The van der Waals surface area contributed by atoms with Gasteiger partial charge in [0, 0.05) is 42.2 Å². The first-order valence-electron chi connectivity index (χ1n) is 10.1. The van der Waals surface area contributed by atoms with Crippen LogP contribution < -0.4 is 5.32 Å². The summed E-state index contributed by atoms with van der Waals surface area (Å²) < 4.78 is 32.9. The monoisotopic (exact) mass is 480 g/mol. The third-order valence-corrected chi connectivity index (χ3v) is 9.45. The largest absolute Gasteiger partial charge is 0.355 e. The number of sulfonamides is 1. The quantitative estimate of drug-likeness (QED) is 0.557. The van der Waals surface area contributed by atoms with Gasteiger partial charge in [-0.1, -0.05) is 11.2 Å². The average molecular weight is 481 g/mol. The molecule has 3 aromatic heterocycles. The molecule has 1 aliphatic rings. The molecule has 166 valence electrons. The number of carbonyl (C=O) groups excluding carboxylic acids is 1. The number of rotatable bonds is 7. The molecule has 1 fully saturated rings. The Morgan fingerprint density at radius 1 is 1.32 bits per heavy atom. The lowest BCUT2D eigenvalue weighted by Crippen LogP contribution is -2.43. The Bertz CT molecular complexity index is 1140. The Morgan fingerprint density at radius 3 is 2.74 bits per heavy atom. The van der Waals surface area contributed by atoms with E-state index in [1.54, 1.807) is 31.3 Å². The van der Waals surface area contributed by atoms with Gasteiger partial charge in [-0.15, -0.1) is 22.7 Å². The van der Waals surface area contributed by atoms with Crippen LogP contribution in [0.25, 0.3) is 10.7 Å². The van der Waals surface area contributed by atoms with Gasteiger partial charge in [-0.3, -0.25) is 4.79 Å². The second-order valence-corrected chi connectivity index (χ2v) is 11.7. The second kappa shape index (κ2) is 9.19. The Labute approximate surface area is 189 Å². The van der Waals surface area contributed by atoms with E-state index in [1.165, 1.54) is 20.5 Å². The minimum atomic E-state index is -3.64. The lowest BCUT2D eigenvalue weighted by molar-refractivity contribution is -0.126. The molecular weight excluding hydrogens is 456 g/mol. The van der Waals surface area contributed by atoms with Crippen molar-refractivity contribution in [2.75, 3.05) is 19.6 Å². The fourth-order valence-electron chi connectivity index (χ4n) is 3.64. The van der Waals surface area contributed by atoms with Crippen LogP contribution in [-0.2, 0) is 21.2 Å². The number of aromatic nitrogens is 2. The molecule has 0 unspecified atom stereocenters. The lowest BCUT2D eigenvalue weighted by atomic mass is 9.97. The van der Waals surface area contributed by atoms with Crippen molar-refractivity contribution in [3.63, 3.8) is 0 Å². The molecule has 11 heteroatoms. The number of hydrogen-bond donors (Lipinski definition) is 1. The number of thiophene rings is 2. The van der Waals surface area contributed by atoms with Crippen LogP contribution >= 0.6 is 22.7 Å². The Hall–Kier alpha value is -2.08. The summed E-state index contributed by atoms with van der Waals surface area (Å²) in [7, 11) is -3.64. The molecule has 1 saturated heterocycles. The number of nitrogens with one attached hydrogen (secondary N) is 1. The van der Waals surface area contributed by atoms with Gasteiger partial charge < -0.3 is 9.84 Å². The summed E-state index contributed by atoms with van der Waals surface area (Å²) in [5.41, 5.74) is 0. The van der Waals surface area contributed by atoms with Crippen LogP contribution in [0.1, 0.15) is 28.5 Å². The van der Waals surface area contributed by atoms with Crippen molar-refractivity contribution in [1.82, 2.24) is 19.8 Å². The van der Waals surface area contributed by atoms with E-state index < -0.39 is 10.0 Å². The summed E-state index contributed by atoms with van der Waals surface area (Å²) in [6.07, 6.45) is 1.85. The maximum atomic E-state index is 13.2. The van der Waals surface area contributed by atoms with E-state index in [0.717, 1.165) is 6.42 Å². The van der Waals surface area contributed by atoms with Crippen molar-refractivity contribution in [3.8, 4) is 10.7 Å². The number of hydrogen-bond acceptors (Lipinski definition) is 8. The molecule has 0 radical (unpaired) electrons. The van der Waals surface area contributed by atoms with Crippen molar-refractivity contribution in [1.29, 1.82) is 0 Å². The average Bonchev–Trinajstić information content (AvgIpc) is 3.49. The molecule has 0 atom stereocenters. The van der Waals surface area contributed by atoms with E-state index in [-0.39, 0.29) is 16.7 Å². The van der Waals surface area contributed by atoms with Crippen LogP contribution in [0.2, 0.25) is 0 Å². The molecule has 1 amide bonds. The molecule has 3 aromatic rings. The zero-order chi connectivity index (χ0) is 22.0. The van der Waals surface area contributed by atoms with E-state index in [4.69, 9.17) is 4.52 Å². The summed E-state index contributed by atoms with van der Waals surface area (Å²) in [5, 5.41) is 8.89. The molecule has 4 rings (SSSR count). The van der Waals surface area contributed by atoms with Gasteiger partial charge in [-0.25, -0.2) is 8.42 Å². The smallest absolute Gasteiger partial charge is 0.244 e. The highest BCUT2D eigenvalue weighted by Crippen LogP contribution is 2.34. The van der Waals surface area contributed by atoms with Crippen LogP contribution in [0.4, 0.5) is 0 Å². The highest BCUT2D eigenvalue weighted by atomic mass is 32.2. The summed E-state index contributed by atoms with van der Waals surface area (Å²) in [5.74, 6) is 0.678. The van der Waals surface area contributed by atoms with Crippen molar-refractivity contribution in [2.24, 2.45) is 5.92 Å². The van der Waals surface area contributed by atoms with Crippen molar-refractivity contribution in [2.45, 2.75) is 38.0 Å². The molecule has 1 N–H and O–H groups in total. The predicted molar refractivity (Wildman–Crippen MR) is 120 cm³/mol. The van der Waals surface area contributed by atoms with Gasteiger partial charge >= 0.3 is 0 Å². The molecule has 0 bridgehead atoms. The molecule has 8 nitrogen and oxygen atoms in total. The van der Waals surface area contributed by atoms with E-state index in [9.17, 15) is 13.2 Å². The van der Waals surface area contributed by atoms with Crippen molar-refractivity contribution < 1.29 is 17.7 Å². The fourth-order valence-corrected chi connectivity index (χ4v) is 7.30.